The molecule has 0 saturated carbocycles. The maximum atomic E-state index is 5.64. The molecule has 5 nitrogen and oxygen atoms in total. The van der Waals surface area contributed by atoms with E-state index in [4.69, 9.17) is 13.9 Å². The molecule has 3 heterocycles. The van der Waals surface area contributed by atoms with Crippen LogP contribution in [-0.2, 0) is 13.1 Å². The Kier molecular flexibility index (Phi) is 4.23. The topological polar surface area (TPSA) is 47.7 Å². The molecule has 0 unspecified atom stereocenters. The lowest BCUT2D eigenvalue weighted by atomic mass is 10.2. The lowest BCUT2D eigenvalue weighted by Gasteiger charge is -2.20. The normalized spacial score (nSPS) is 13.4. The van der Waals surface area contributed by atoms with Crippen molar-refractivity contribution in [3.63, 3.8) is 0 Å². The number of rotatable bonds is 5. The van der Waals surface area contributed by atoms with E-state index in [1.807, 2.05) is 18.2 Å². The summed E-state index contributed by atoms with van der Waals surface area (Å²) in [5, 5.41) is 3.00. The minimum atomic E-state index is 0.612. The van der Waals surface area contributed by atoms with Crippen molar-refractivity contribution in [2.45, 2.75) is 13.1 Å². The SMILES string of the molecule is CN(Cc1ccc2c(c1)OCCO2)Cc1csc(-c2ccco2)n1. The van der Waals surface area contributed by atoms with Crippen molar-refractivity contribution >= 4 is 11.3 Å². The van der Waals surface area contributed by atoms with Crippen molar-refractivity contribution in [1.29, 1.82) is 0 Å². The number of hydrogen-bond donors (Lipinski definition) is 0. The minimum absolute atomic E-state index is 0.612. The van der Waals surface area contributed by atoms with Crippen molar-refractivity contribution in [1.82, 2.24) is 9.88 Å². The van der Waals surface area contributed by atoms with Crippen LogP contribution in [0.5, 0.6) is 11.5 Å². The Labute approximate surface area is 144 Å². The van der Waals surface area contributed by atoms with Gasteiger partial charge in [0, 0.05) is 18.5 Å². The third-order valence-electron chi connectivity index (χ3n) is 3.77. The second-order valence-corrected chi connectivity index (χ2v) is 6.63. The molecule has 1 aromatic carbocycles. The Morgan fingerprint density at radius 2 is 2.00 bits per heavy atom. The van der Waals surface area contributed by atoms with Crippen LogP contribution in [0.1, 0.15) is 11.3 Å². The second-order valence-electron chi connectivity index (χ2n) is 5.77. The average Bonchev–Trinajstić information content (AvgIpc) is 3.26. The lowest BCUT2D eigenvalue weighted by molar-refractivity contribution is 0.171. The number of thiazole rings is 1. The van der Waals surface area contributed by atoms with Gasteiger partial charge in [0.05, 0.1) is 12.0 Å². The number of furan rings is 1. The highest BCUT2D eigenvalue weighted by molar-refractivity contribution is 7.13. The van der Waals surface area contributed by atoms with Crippen molar-refractivity contribution in [3.8, 4) is 22.3 Å². The van der Waals surface area contributed by atoms with Gasteiger partial charge in [0.15, 0.2) is 22.3 Å². The van der Waals surface area contributed by atoms with E-state index >= 15 is 0 Å². The fourth-order valence-electron chi connectivity index (χ4n) is 2.72. The van der Waals surface area contributed by atoms with E-state index in [2.05, 4.69) is 34.4 Å². The van der Waals surface area contributed by atoms with Gasteiger partial charge in [-0.3, -0.25) is 4.90 Å². The van der Waals surface area contributed by atoms with Gasteiger partial charge in [0.25, 0.3) is 0 Å². The molecular weight excluding hydrogens is 324 g/mol. The van der Waals surface area contributed by atoms with Gasteiger partial charge in [-0.15, -0.1) is 11.3 Å². The van der Waals surface area contributed by atoms with Crippen LogP contribution in [0.4, 0.5) is 0 Å². The molecule has 24 heavy (non-hydrogen) atoms. The maximum absolute atomic E-state index is 5.64. The number of benzene rings is 1. The van der Waals surface area contributed by atoms with Gasteiger partial charge in [-0.05, 0) is 36.9 Å². The molecule has 1 aliphatic rings. The summed E-state index contributed by atoms with van der Waals surface area (Å²) in [6.07, 6.45) is 1.67. The molecule has 0 saturated heterocycles. The van der Waals surface area contributed by atoms with Crippen LogP contribution >= 0.6 is 11.3 Å². The Hall–Kier alpha value is -2.31. The van der Waals surface area contributed by atoms with E-state index in [0.717, 1.165) is 41.1 Å². The maximum Gasteiger partial charge on any atom is 0.162 e. The Balaban J connectivity index is 1.41. The van der Waals surface area contributed by atoms with E-state index in [-0.39, 0.29) is 0 Å². The first-order chi connectivity index (χ1) is 11.8. The van der Waals surface area contributed by atoms with Crippen LogP contribution in [0.3, 0.4) is 0 Å². The van der Waals surface area contributed by atoms with Crippen molar-refractivity contribution in [3.05, 3.63) is 53.2 Å². The summed E-state index contributed by atoms with van der Waals surface area (Å²) in [6.45, 7) is 2.84. The minimum Gasteiger partial charge on any atom is -0.486 e. The molecule has 0 atom stereocenters. The highest BCUT2D eigenvalue weighted by Crippen LogP contribution is 2.31. The first kappa shape index (κ1) is 15.2. The van der Waals surface area contributed by atoms with E-state index in [1.54, 1.807) is 17.6 Å². The zero-order valence-corrected chi connectivity index (χ0v) is 14.2. The third-order valence-corrected chi connectivity index (χ3v) is 4.68. The molecule has 1 aliphatic heterocycles. The summed E-state index contributed by atoms with van der Waals surface area (Å²) in [5.41, 5.74) is 2.25. The van der Waals surface area contributed by atoms with Crippen molar-refractivity contribution < 1.29 is 13.9 Å². The summed E-state index contributed by atoms with van der Waals surface area (Å²) >= 11 is 1.61. The van der Waals surface area contributed by atoms with E-state index in [1.165, 1.54) is 5.56 Å². The second kappa shape index (κ2) is 6.67. The van der Waals surface area contributed by atoms with E-state index in [9.17, 15) is 0 Å². The number of aromatic nitrogens is 1. The van der Waals surface area contributed by atoms with Gasteiger partial charge in [-0.2, -0.15) is 0 Å². The lowest BCUT2D eigenvalue weighted by Crippen LogP contribution is -2.18. The Morgan fingerprint density at radius 3 is 2.83 bits per heavy atom. The van der Waals surface area contributed by atoms with Crippen molar-refractivity contribution in [2.24, 2.45) is 0 Å². The number of fused-ring (bicyclic) bond motifs is 1. The van der Waals surface area contributed by atoms with E-state index in [0.29, 0.717) is 13.2 Å². The Bertz CT molecular complexity index is 814. The molecular formula is C18H18N2O3S. The highest BCUT2D eigenvalue weighted by Gasteiger charge is 2.13. The molecule has 2 aromatic heterocycles. The van der Waals surface area contributed by atoms with Crippen LogP contribution in [0, 0.1) is 0 Å². The van der Waals surface area contributed by atoms with Crippen molar-refractivity contribution in [2.75, 3.05) is 20.3 Å². The molecule has 124 valence electrons. The van der Waals surface area contributed by atoms with Gasteiger partial charge in [-0.1, -0.05) is 6.07 Å². The smallest absolute Gasteiger partial charge is 0.162 e. The monoisotopic (exact) mass is 342 g/mol. The molecule has 4 rings (SSSR count). The van der Waals surface area contributed by atoms with Gasteiger partial charge >= 0.3 is 0 Å². The molecule has 3 aromatic rings. The van der Waals surface area contributed by atoms with Gasteiger partial charge in [0.1, 0.15) is 13.2 Å². The quantitative estimate of drug-likeness (QED) is 0.706. The fourth-order valence-corrected chi connectivity index (χ4v) is 3.50. The third kappa shape index (κ3) is 3.29. The zero-order valence-electron chi connectivity index (χ0n) is 13.4. The van der Waals surface area contributed by atoms with Crippen LogP contribution in [0.15, 0.2) is 46.4 Å². The Morgan fingerprint density at radius 1 is 1.12 bits per heavy atom. The molecule has 0 amide bonds. The molecule has 0 fully saturated rings. The predicted molar refractivity (Wildman–Crippen MR) is 92.4 cm³/mol. The molecule has 0 bridgehead atoms. The van der Waals surface area contributed by atoms with Crippen LogP contribution in [-0.4, -0.2) is 30.1 Å². The number of ether oxygens (including phenoxy) is 2. The summed E-state index contributed by atoms with van der Waals surface area (Å²) < 4.78 is 16.6. The molecule has 6 heteroatoms. The largest absolute Gasteiger partial charge is 0.486 e. The van der Waals surface area contributed by atoms with Crippen LogP contribution in [0.2, 0.25) is 0 Å². The molecule has 0 spiro atoms. The van der Waals surface area contributed by atoms with E-state index < -0.39 is 0 Å². The zero-order chi connectivity index (χ0) is 16.4. The molecule has 0 radical (unpaired) electrons. The summed E-state index contributed by atoms with van der Waals surface area (Å²) in [4.78, 5) is 6.87. The first-order valence-electron chi connectivity index (χ1n) is 7.83. The number of hydrogen-bond acceptors (Lipinski definition) is 6. The number of nitrogens with zero attached hydrogens (tertiary/aromatic N) is 2. The highest BCUT2D eigenvalue weighted by atomic mass is 32.1. The fraction of sp³-hybridized carbons (Fsp3) is 0.278. The van der Waals surface area contributed by atoms with Gasteiger partial charge in [-0.25, -0.2) is 4.98 Å². The summed E-state index contributed by atoms with van der Waals surface area (Å²) in [7, 11) is 2.09. The predicted octanol–water partition coefficient (Wildman–Crippen LogP) is 3.81. The molecule has 0 aliphatic carbocycles. The van der Waals surface area contributed by atoms with Crippen LogP contribution < -0.4 is 9.47 Å². The summed E-state index contributed by atoms with van der Waals surface area (Å²) in [5.74, 6) is 2.48. The van der Waals surface area contributed by atoms with Gasteiger partial charge in [0.2, 0.25) is 0 Å². The first-order valence-corrected chi connectivity index (χ1v) is 8.71. The average molecular weight is 342 g/mol. The van der Waals surface area contributed by atoms with Crippen LogP contribution in [0.25, 0.3) is 10.8 Å². The van der Waals surface area contributed by atoms with Gasteiger partial charge < -0.3 is 13.9 Å². The summed E-state index contributed by atoms with van der Waals surface area (Å²) in [6, 6.07) is 9.93. The standard InChI is InChI=1S/C18H18N2O3S/c1-20(10-13-4-5-15-17(9-13)23-8-7-22-15)11-14-12-24-18(19-14)16-3-2-6-21-16/h2-6,9,12H,7-8,10-11H2,1H3. The molecule has 0 N–H and O–H groups in total.